The molecule has 0 aromatic heterocycles. The molecule has 0 aromatic rings. The second-order valence-electron chi connectivity index (χ2n) is 5.89. The van der Waals surface area contributed by atoms with Gasteiger partial charge in [0.2, 0.25) is 0 Å². The predicted molar refractivity (Wildman–Crippen MR) is 74.3 cm³/mol. The summed E-state index contributed by atoms with van der Waals surface area (Å²) < 4.78 is 5.34. The van der Waals surface area contributed by atoms with Crippen molar-refractivity contribution in [1.82, 2.24) is 5.32 Å². The van der Waals surface area contributed by atoms with E-state index in [1.807, 2.05) is 0 Å². The third kappa shape index (κ3) is 4.97. The molecule has 1 fully saturated rings. The van der Waals surface area contributed by atoms with Crippen LogP contribution < -0.4 is 5.32 Å². The van der Waals surface area contributed by atoms with E-state index in [0.29, 0.717) is 18.0 Å². The highest BCUT2D eigenvalue weighted by atomic mass is 16.5. The van der Waals surface area contributed by atoms with Crippen LogP contribution in [0.2, 0.25) is 0 Å². The van der Waals surface area contributed by atoms with Crippen molar-refractivity contribution >= 4 is 0 Å². The van der Waals surface area contributed by atoms with Gasteiger partial charge in [-0.3, -0.25) is 0 Å². The van der Waals surface area contributed by atoms with Gasteiger partial charge < -0.3 is 10.1 Å². The van der Waals surface area contributed by atoms with Gasteiger partial charge in [-0.1, -0.05) is 40.0 Å². The van der Waals surface area contributed by atoms with E-state index >= 15 is 0 Å². The van der Waals surface area contributed by atoms with Gasteiger partial charge in [0.05, 0.1) is 6.61 Å². The van der Waals surface area contributed by atoms with E-state index < -0.39 is 0 Å². The molecule has 0 aromatic carbocycles. The normalized spacial score (nSPS) is 21.7. The molecule has 1 N–H and O–H groups in total. The number of methoxy groups -OCH3 is 1. The van der Waals surface area contributed by atoms with Crippen molar-refractivity contribution in [3.05, 3.63) is 0 Å². The molecule has 0 amide bonds. The first-order chi connectivity index (χ1) is 8.19. The van der Waals surface area contributed by atoms with Gasteiger partial charge in [0, 0.05) is 19.2 Å². The second kappa shape index (κ2) is 8.10. The minimum absolute atomic E-state index is 0.506. The zero-order valence-electron chi connectivity index (χ0n) is 12.2. The van der Waals surface area contributed by atoms with Crippen molar-refractivity contribution in [1.29, 1.82) is 0 Å². The molecule has 17 heavy (non-hydrogen) atoms. The van der Waals surface area contributed by atoms with E-state index in [-0.39, 0.29) is 0 Å². The van der Waals surface area contributed by atoms with E-state index in [0.717, 1.165) is 12.5 Å². The summed E-state index contributed by atoms with van der Waals surface area (Å²) in [4.78, 5) is 0. The smallest absolute Gasteiger partial charge is 0.0618 e. The topological polar surface area (TPSA) is 21.3 Å². The molecule has 1 rings (SSSR count). The van der Waals surface area contributed by atoms with Crippen LogP contribution in [0.15, 0.2) is 0 Å². The Morgan fingerprint density at radius 3 is 2.29 bits per heavy atom. The van der Waals surface area contributed by atoms with Gasteiger partial charge in [0.15, 0.2) is 0 Å². The molecular formula is C15H31NO. The van der Waals surface area contributed by atoms with Crippen LogP contribution in [-0.2, 0) is 4.74 Å². The van der Waals surface area contributed by atoms with Gasteiger partial charge in [-0.05, 0) is 31.1 Å². The lowest BCUT2D eigenvalue weighted by Crippen LogP contribution is -2.47. The quantitative estimate of drug-likeness (QED) is 0.735. The van der Waals surface area contributed by atoms with Crippen molar-refractivity contribution in [3.63, 3.8) is 0 Å². The van der Waals surface area contributed by atoms with Gasteiger partial charge in [-0.25, -0.2) is 0 Å². The van der Waals surface area contributed by atoms with E-state index in [1.165, 1.54) is 38.5 Å². The van der Waals surface area contributed by atoms with Crippen LogP contribution in [0, 0.1) is 11.8 Å². The van der Waals surface area contributed by atoms with E-state index in [1.54, 1.807) is 7.11 Å². The van der Waals surface area contributed by atoms with Crippen molar-refractivity contribution in [3.8, 4) is 0 Å². The lowest BCUT2D eigenvalue weighted by atomic mass is 9.82. The summed E-state index contributed by atoms with van der Waals surface area (Å²) in [7, 11) is 1.80. The molecule has 0 radical (unpaired) electrons. The van der Waals surface area contributed by atoms with Gasteiger partial charge in [0.1, 0.15) is 0 Å². The highest BCUT2D eigenvalue weighted by molar-refractivity contribution is 4.82. The SMILES string of the molecule is CCC(NC(COC)C(C)C)C1CCCCC1. The number of rotatable bonds is 7. The summed E-state index contributed by atoms with van der Waals surface area (Å²) in [6.45, 7) is 7.71. The highest BCUT2D eigenvalue weighted by Gasteiger charge is 2.25. The standard InChI is InChI=1S/C15H31NO/c1-5-14(13-9-7-6-8-10-13)16-15(11-17-4)12(2)3/h12-16H,5-11H2,1-4H3. The minimum atomic E-state index is 0.506. The molecule has 1 aliphatic carbocycles. The average molecular weight is 241 g/mol. The number of hydrogen-bond donors (Lipinski definition) is 1. The lowest BCUT2D eigenvalue weighted by Gasteiger charge is -2.34. The molecule has 102 valence electrons. The lowest BCUT2D eigenvalue weighted by molar-refractivity contribution is 0.126. The van der Waals surface area contributed by atoms with Gasteiger partial charge >= 0.3 is 0 Å². The summed E-state index contributed by atoms with van der Waals surface area (Å²) in [5.41, 5.74) is 0. The molecule has 2 unspecified atom stereocenters. The number of ether oxygens (including phenoxy) is 1. The minimum Gasteiger partial charge on any atom is -0.383 e. The molecule has 2 nitrogen and oxygen atoms in total. The van der Waals surface area contributed by atoms with Gasteiger partial charge in [-0.15, -0.1) is 0 Å². The molecule has 0 spiro atoms. The predicted octanol–water partition coefficient (Wildman–Crippen LogP) is 3.61. The van der Waals surface area contributed by atoms with Crippen LogP contribution in [0.25, 0.3) is 0 Å². The highest BCUT2D eigenvalue weighted by Crippen LogP contribution is 2.28. The van der Waals surface area contributed by atoms with Crippen LogP contribution in [0.4, 0.5) is 0 Å². The van der Waals surface area contributed by atoms with Crippen LogP contribution in [0.3, 0.4) is 0 Å². The third-order valence-electron chi connectivity index (χ3n) is 4.24. The first kappa shape index (κ1) is 15.0. The van der Waals surface area contributed by atoms with Crippen LogP contribution in [0.5, 0.6) is 0 Å². The van der Waals surface area contributed by atoms with Crippen molar-refractivity contribution in [2.45, 2.75) is 71.4 Å². The number of nitrogens with one attached hydrogen (secondary N) is 1. The van der Waals surface area contributed by atoms with Crippen LogP contribution in [-0.4, -0.2) is 25.8 Å². The van der Waals surface area contributed by atoms with Crippen LogP contribution in [0.1, 0.15) is 59.3 Å². The summed E-state index contributed by atoms with van der Waals surface area (Å²) in [5.74, 6) is 1.54. The summed E-state index contributed by atoms with van der Waals surface area (Å²) in [6.07, 6.45) is 8.39. The first-order valence-electron chi connectivity index (χ1n) is 7.44. The fraction of sp³-hybridized carbons (Fsp3) is 1.00. The van der Waals surface area contributed by atoms with E-state index in [2.05, 4.69) is 26.1 Å². The first-order valence-corrected chi connectivity index (χ1v) is 7.44. The fourth-order valence-corrected chi connectivity index (χ4v) is 3.01. The summed E-state index contributed by atoms with van der Waals surface area (Å²) >= 11 is 0. The molecule has 2 atom stereocenters. The zero-order chi connectivity index (χ0) is 12.7. The van der Waals surface area contributed by atoms with Crippen LogP contribution >= 0.6 is 0 Å². The molecule has 0 saturated heterocycles. The largest absolute Gasteiger partial charge is 0.383 e. The van der Waals surface area contributed by atoms with E-state index in [4.69, 9.17) is 4.74 Å². The molecular weight excluding hydrogens is 210 g/mol. The Labute approximate surface area is 108 Å². The molecule has 2 heteroatoms. The third-order valence-corrected chi connectivity index (χ3v) is 4.24. The number of hydrogen-bond acceptors (Lipinski definition) is 2. The summed E-state index contributed by atoms with van der Waals surface area (Å²) in [5, 5.41) is 3.85. The van der Waals surface area contributed by atoms with Crippen molar-refractivity contribution in [2.75, 3.05) is 13.7 Å². The maximum Gasteiger partial charge on any atom is 0.0618 e. The fourth-order valence-electron chi connectivity index (χ4n) is 3.01. The Balaban J connectivity index is 2.47. The Bertz CT molecular complexity index is 187. The zero-order valence-corrected chi connectivity index (χ0v) is 12.2. The monoisotopic (exact) mass is 241 g/mol. The van der Waals surface area contributed by atoms with E-state index in [9.17, 15) is 0 Å². The second-order valence-corrected chi connectivity index (χ2v) is 5.89. The Morgan fingerprint density at radius 2 is 1.82 bits per heavy atom. The maximum atomic E-state index is 5.34. The molecule has 0 aliphatic heterocycles. The maximum absolute atomic E-state index is 5.34. The molecule has 0 heterocycles. The molecule has 1 aliphatic rings. The van der Waals surface area contributed by atoms with Crippen molar-refractivity contribution in [2.24, 2.45) is 11.8 Å². The Kier molecular flexibility index (Phi) is 7.14. The molecule has 0 bridgehead atoms. The Hall–Kier alpha value is -0.0800. The van der Waals surface area contributed by atoms with Gasteiger partial charge in [-0.2, -0.15) is 0 Å². The summed E-state index contributed by atoms with van der Waals surface area (Å²) in [6, 6.07) is 1.20. The van der Waals surface area contributed by atoms with Gasteiger partial charge in [0.25, 0.3) is 0 Å². The Morgan fingerprint density at radius 1 is 1.18 bits per heavy atom. The van der Waals surface area contributed by atoms with Crippen molar-refractivity contribution < 1.29 is 4.74 Å². The average Bonchev–Trinajstić information content (AvgIpc) is 2.35. The molecule has 1 saturated carbocycles.